The van der Waals surface area contributed by atoms with Crippen LogP contribution in [0.4, 0.5) is 11.8 Å². The number of hydrogen-bond donors (Lipinski definition) is 1. The van der Waals surface area contributed by atoms with Gasteiger partial charge in [-0.2, -0.15) is 4.98 Å². The van der Waals surface area contributed by atoms with Crippen LogP contribution < -0.4 is 15.0 Å². The van der Waals surface area contributed by atoms with Crippen LogP contribution in [-0.4, -0.2) is 29.7 Å². The Hall–Kier alpha value is -2.30. The summed E-state index contributed by atoms with van der Waals surface area (Å²) < 4.78 is 5.33. The molecule has 1 aromatic heterocycles. The van der Waals surface area contributed by atoms with E-state index in [1.54, 1.807) is 7.11 Å². The highest BCUT2D eigenvalue weighted by Gasteiger charge is 2.20. The predicted molar refractivity (Wildman–Crippen MR) is 95.7 cm³/mol. The summed E-state index contributed by atoms with van der Waals surface area (Å²) in [4.78, 5) is 11.5. The molecule has 1 aliphatic heterocycles. The predicted octanol–water partition coefficient (Wildman–Crippen LogP) is 3.40. The van der Waals surface area contributed by atoms with Gasteiger partial charge in [-0.05, 0) is 48.6 Å². The fourth-order valence-corrected chi connectivity index (χ4v) is 3.70. The summed E-state index contributed by atoms with van der Waals surface area (Å²) in [5, 5.41) is 3.49. The number of anilines is 2. The van der Waals surface area contributed by atoms with Gasteiger partial charge in [0.15, 0.2) is 0 Å². The SMILES string of the molecule is COc1ccc2c(c1)CCN(c1ccnc(NC3CCCC3)n1)C2. The summed E-state index contributed by atoms with van der Waals surface area (Å²) >= 11 is 0. The van der Waals surface area contributed by atoms with E-state index in [0.717, 1.165) is 37.0 Å². The lowest BCUT2D eigenvalue weighted by atomic mass is 9.99. The van der Waals surface area contributed by atoms with E-state index in [2.05, 4.69) is 27.3 Å². The molecule has 5 heteroatoms. The van der Waals surface area contributed by atoms with E-state index in [1.165, 1.54) is 36.8 Å². The highest BCUT2D eigenvalue weighted by atomic mass is 16.5. The standard InChI is InChI=1S/C19H24N4O/c1-24-17-7-6-15-13-23(11-9-14(15)12-17)18-8-10-20-19(22-18)21-16-4-2-3-5-16/h6-8,10,12,16H,2-5,9,11,13H2,1H3,(H,20,21,22). The van der Waals surface area contributed by atoms with Crippen LogP contribution >= 0.6 is 0 Å². The van der Waals surface area contributed by atoms with Crippen LogP contribution in [0.5, 0.6) is 5.75 Å². The third-order valence-electron chi connectivity index (χ3n) is 5.08. The Kier molecular flexibility index (Phi) is 4.24. The highest BCUT2D eigenvalue weighted by molar-refractivity contribution is 5.48. The largest absolute Gasteiger partial charge is 0.497 e. The molecule has 2 aliphatic rings. The summed E-state index contributed by atoms with van der Waals surface area (Å²) in [7, 11) is 1.72. The van der Waals surface area contributed by atoms with E-state index in [1.807, 2.05) is 18.3 Å². The first kappa shape index (κ1) is 15.2. The second kappa shape index (κ2) is 6.67. The molecule has 0 spiro atoms. The van der Waals surface area contributed by atoms with Crippen LogP contribution in [0.2, 0.25) is 0 Å². The molecule has 1 saturated carbocycles. The molecule has 0 radical (unpaired) electrons. The molecule has 0 saturated heterocycles. The average molecular weight is 324 g/mol. The van der Waals surface area contributed by atoms with Crippen molar-refractivity contribution < 1.29 is 4.74 Å². The number of ether oxygens (including phenoxy) is 1. The maximum absolute atomic E-state index is 5.33. The normalized spacial score (nSPS) is 17.6. The number of nitrogens with one attached hydrogen (secondary N) is 1. The molecule has 4 rings (SSSR count). The van der Waals surface area contributed by atoms with Gasteiger partial charge in [-0.15, -0.1) is 0 Å². The zero-order valence-electron chi connectivity index (χ0n) is 14.2. The van der Waals surface area contributed by atoms with Gasteiger partial charge in [0.2, 0.25) is 5.95 Å². The van der Waals surface area contributed by atoms with E-state index in [0.29, 0.717) is 6.04 Å². The molecule has 0 unspecified atom stereocenters. The molecule has 2 aromatic rings. The van der Waals surface area contributed by atoms with Crippen molar-refractivity contribution in [3.63, 3.8) is 0 Å². The number of rotatable bonds is 4. The summed E-state index contributed by atoms with van der Waals surface area (Å²) in [5.41, 5.74) is 2.73. The van der Waals surface area contributed by atoms with E-state index < -0.39 is 0 Å². The molecule has 126 valence electrons. The maximum Gasteiger partial charge on any atom is 0.224 e. The van der Waals surface area contributed by atoms with Crippen LogP contribution in [0.15, 0.2) is 30.5 Å². The lowest BCUT2D eigenvalue weighted by Gasteiger charge is -2.30. The summed E-state index contributed by atoms with van der Waals surface area (Å²) in [6.45, 7) is 1.86. The van der Waals surface area contributed by atoms with Crippen LogP contribution in [0.3, 0.4) is 0 Å². The highest BCUT2D eigenvalue weighted by Crippen LogP contribution is 2.27. The Morgan fingerprint density at radius 3 is 2.88 bits per heavy atom. The van der Waals surface area contributed by atoms with Gasteiger partial charge in [0, 0.05) is 25.3 Å². The van der Waals surface area contributed by atoms with Crippen molar-refractivity contribution in [1.82, 2.24) is 9.97 Å². The molecule has 1 N–H and O–H groups in total. The van der Waals surface area contributed by atoms with E-state index in [-0.39, 0.29) is 0 Å². The van der Waals surface area contributed by atoms with E-state index in [4.69, 9.17) is 9.72 Å². The van der Waals surface area contributed by atoms with Crippen molar-refractivity contribution in [1.29, 1.82) is 0 Å². The van der Waals surface area contributed by atoms with Gasteiger partial charge < -0.3 is 15.0 Å². The van der Waals surface area contributed by atoms with Crippen molar-refractivity contribution in [2.75, 3.05) is 23.9 Å². The van der Waals surface area contributed by atoms with Gasteiger partial charge in [0.1, 0.15) is 11.6 Å². The molecule has 2 heterocycles. The van der Waals surface area contributed by atoms with Crippen molar-refractivity contribution in [2.45, 2.75) is 44.7 Å². The summed E-state index contributed by atoms with van der Waals surface area (Å²) in [6, 6.07) is 8.90. The van der Waals surface area contributed by atoms with Crippen LogP contribution in [0.1, 0.15) is 36.8 Å². The zero-order chi connectivity index (χ0) is 16.4. The molecule has 1 aliphatic carbocycles. The van der Waals surface area contributed by atoms with Gasteiger partial charge in [0.05, 0.1) is 7.11 Å². The van der Waals surface area contributed by atoms with Crippen molar-refractivity contribution in [2.24, 2.45) is 0 Å². The molecule has 0 amide bonds. The first-order valence-corrected chi connectivity index (χ1v) is 8.82. The van der Waals surface area contributed by atoms with Gasteiger partial charge in [0.25, 0.3) is 0 Å². The minimum absolute atomic E-state index is 0.537. The second-order valence-corrected chi connectivity index (χ2v) is 6.67. The summed E-state index contributed by atoms with van der Waals surface area (Å²) in [6.07, 6.45) is 7.96. The average Bonchev–Trinajstić information content (AvgIpc) is 3.14. The Labute approximate surface area is 143 Å². The van der Waals surface area contributed by atoms with Crippen LogP contribution in [0.25, 0.3) is 0 Å². The zero-order valence-corrected chi connectivity index (χ0v) is 14.2. The van der Waals surface area contributed by atoms with Crippen molar-refractivity contribution in [3.8, 4) is 5.75 Å². The van der Waals surface area contributed by atoms with Gasteiger partial charge in [-0.25, -0.2) is 4.98 Å². The Morgan fingerprint density at radius 2 is 2.04 bits per heavy atom. The Balaban J connectivity index is 1.49. The quantitative estimate of drug-likeness (QED) is 0.934. The van der Waals surface area contributed by atoms with Gasteiger partial charge >= 0.3 is 0 Å². The number of aromatic nitrogens is 2. The third kappa shape index (κ3) is 3.16. The molecule has 1 aromatic carbocycles. The molecule has 0 bridgehead atoms. The third-order valence-corrected chi connectivity index (χ3v) is 5.08. The van der Waals surface area contributed by atoms with Crippen LogP contribution in [0, 0.1) is 0 Å². The lowest BCUT2D eigenvalue weighted by molar-refractivity contribution is 0.413. The second-order valence-electron chi connectivity index (χ2n) is 6.67. The lowest BCUT2D eigenvalue weighted by Crippen LogP contribution is -2.31. The molecule has 0 atom stereocenters. The first-order chi connectivity index (χ1) is 11.8. The molecule has 1 fully saturated rings. The summed E-state index contributed by atoms with van der Waals surface area (Å²) in [5.74, 6) is 2.71. The number of fused-ring (bicyclic) bond motifs is 1. The van der Waals surface area contributed by atoms with E-state index in [9.17, 15) is 0 Å². The number of nitrogens with zero attached hydrogens (tertiary/aromatic N) is 3. The molecular weight excluding hydrogens is 300 g/mol. The fraction of sp³-hybridized carbons (Fsp3) is 0.474. The Morgan fingerprint density at radius 1 is 1.17 bits per heavy atom. The van der Waals surface area contributed by atoms with Crippen LogP contribution in [-0.2, 0) is 13.0 Å². The van der Waals surface area contributed by atoms with E-state index >= 15 is 0 Å². The monoisotopic (exact) mass is 324 g/mol. The number of benzene rings is 1. The minimum atomic E-state index is 0.537. The molecule has 5 nitrogen and oxygen atoms in total. The topological polar surface area (TPSA) is 50.3 Å². The first-order valence-electron chi connectivity index (χ1n) is 8.82. The number of methoxy groups -OCH3 is 1. The maximum atomic E-state index is 5.33. The Bertz CT molecular complexity index is 712. The smallest absolute Gasteiger partial charge is 0.224 e. The minimum Gasteiger partial charge on any atom is -0.497 e. The molecule has 24 heavy (non-hydrogen) atoms. The van der Waals surface area contributed by atoms with Crippen molar-refractivity contribution >= 4 is 11.8 Å². The number of hydrogen-bond acceptors (Lipinski definition) is 5. The van der Waals surface area contributed by atoms with Crippen molar-refractivity contribution in [3.05, 3.63) is 41.6 Å². The fourth-order valence-electron chi connectivity index (χ4n) is 3.70. The molecular formula is C19H24N4O. The van der Waals surface area contributed by atoms with Gasteiger partial charge in [-0.1, -0.05) is 18.9 Å². The van der Waals surface area contributed by atoms with Gasteiger partial charge in [-0.3, -0.25) is 0 Å².